The number of sulfonamides is 1. The summed E-state index contributed by atoms with van der Waals surface area (Å²) in [6.45, 7) is 4.58. The number of methoxy groups -OCH3 is 1. The van der Waals surface area contributed by atoms with Gasteiger partial charge < -0.3 is 15.0 Å². The molecule has 0 unspecified atom stereocenters. The van der Waals surface area contributed by atoms with Crippen molar-refractivity contribution in [3.05, 3.63) is 58.6 Å². The quantitative estimate of drug-likeness (QED) is 0.395. The molecule has 8 nitrogen and oxygen atoms in total. The van der Waals surface area contributed by atoms with E-state index in [1.807, 2.05) is 31.2 Å². The van der Waals surface area contributed by atoms with Crippen LogP contribution in [0.5, 0.6) is 5.75 Å². The lowest BCUT2D eigenvalue weighted by Crippen LogP contribution is -2.47. The van der Waals surface area contributed by atoms with Gasteiger partial charge in [-0.3, -0.25) is 13.9 Å². The summed E-state index contributed by atoms with van der Waals surface area (Å²) in [5.74, 6) is -0.00743. The van der Waals surface area contributed by atoms with Gasteiger partial charge in [0.15, 0.2) is 0 Å². The molecule has 0 spiro atoms. The Hall–Kier alpha value is -2.59. The third-order valence-electron chi connectivity index (χ3n) is 5.49. The highest BCUT2D eigenvalue weighted by Gasteiger charge is 2.27. The average molecular weight is 569 g/mol. The van der Waals surface area contributed by atoms with E-state index < -0.39 is 16.1 Å². The van der Waals surface area contributed by atoms with E-state index in [2.05, 4.69) is 21.2 Å². The third kappa shape index (κ3) is 8.54. The maximum atomic E-state index is 13.3. The average Bonchev–Trinajstić information content (AvgIpc) is 2.83. The van der Waals surface area contributed by atoms with E-state index in [1.165, 1.54) is 11.4 Å². The van der Waals surface area contributed by atoms with Gasteiger partial charge in [-0.05, 0) is 49.6 Å². The number of anilines is 1. The van der Waals surface area contributed by atoms with Gasteiger partial charge in [-0.25, -0.2) is 8.42 Å². The smallest absolute Gasteiger partial charge is 0.242 e. The van der Waals surface area contributed by atoms with Crippen LogP contribution in [0.4, 0.5) is 5.69 Å². The van der Waals surface area contributed by atoms with Crippen LogP contribution < -0.4 is 14.4 Å². The summed E-state index contributed by atoms with van der Waals surface area (Å²) in [7, 11) is -2.12. The zero-order chi connectivity index (χ0) is 26.0. The van der Waals surface area contributed by atoms with Crippen molar-refractivity contribution in [2.75, 3.05) is 30.8 Å². The fourth-order valence-corrected chi connectivity index (χ4v) is 4.82. The molecule has 0 bridgehead atoms. The van der Waals surface area contributed by atoms with Gasteiger partial charge in [-0.1, -0.05) is 47.1 Å². The first-order valence-electron chi connectivity index (χ1n) is 11.5. The molecule has 2 amide bonds. The zero-order valence-corrected chi connectivity index (χ0v) is 23.1. The van der Waals surface area contributed by atoms with Crippen molar-refractivity contribution in [2.45, 2.75) is 45.7 Å². The predicted molar refractivity (Wildman–Crippen MR) is 142 cm³/mol. The summed E-state index contributed by atoms with van der Waals surface area (Å²) in [5.41, 5.74) is 1.31. The molecule has 10 heteroatoms. The largest absolute Gasteiger partial charge is 0.495 e. The van der Waals surface area contributed by atoms with E-state index in [9.17, 15) is 18.0 Å². The molecule has 0 aromatic heterocycles. The van der Waals surface area contributed by atoms with Crippen molar-refractivity contribution in [1.82, 2.24) is 10.2 Å². The summed E-state index contributed by atoms with van der Waals surface area (Å²) in [6, 6.07) is 13.8. The van der Waals surface area contributed by atoms with Crippen LogP contribution in [-0.4, -0.2) is 57.6 Å². The summed E-state index contributed by atoms with van der Waals surface area (Å²) < 4.78 is 32.5. The van der Waals surface area contributed by atoms with E-state index in [0.29, 0.717) is 18.0 Å². The number of nitrogens with zero attached hydrogens (tertiary/aromatic N) is 2. The van der Waals surface area contributed by atoms with Gasteiger partial charge in [0, 0.05) is 30.5 Å². The first-order chi connectivity index (χ1) is 16.6. The second-order valence-corrected chi connectivity index (χ2v) is 11.0. The summed E-state index contributed by atoms with van der Waals surface area (Å²) >= 11 is 3.41. The Balaban J connectivity index is 2.17. The number of para-hydroxylation sites is 2. The highest BCUT2D eigenvalue weighted by atomic mass is 79.9. The second-order valence-electron chi connectivity index (χ2n) is 8.23. The maximum absolute atomic E-state index is 13.3. The molecular formula is C25H34BrN3O5S. The monoisotopic (exact) mass is 567 g/mol. The first kappa shape index (κ1) is 28.6. The first-order valence-corrected chi connectivity index (χ1v) is 14.1. The van der Waals surface area contributed by atoms with Crippen molar-refractivity contribution in [3.63, 3.8) is 0 Å². The fraction of sp³-hybridized carbons (Fsp3) is 0.440. The number of nitrogens with one attached hydrogen (secondary N) is 1. The van der Waals surface area contributed by atoms with E-state index in [1.54, 1.807) is 36.1 Å². The van der Waals surface area contributed by atoms with Crippen molar-refractivity contribution < 1.29 is 22.7 Å². The molecule has 0 radical (unpaired) electrons. The van der Waals surface area contributed by atoms with Crippen molar-refractivity contribution in [2.24, 2.45) is 0 Å². The standard InChI is InChI=1S/C25H34BrN3O5S/c1-5-16-27-25(31)19(2)28(18-20-12-14-21(26)15-13-20)24(30)11-8-17-29(35(4,32)33)22-9-6-7-10-23(22)34-3/h6-7,9-10,12-15,19H,5,8,11,16-18H2,1-4H3,(H,27,31)/t19-/m0/s1. The molecular weight excluding hydrogens is 534 g/mol. The molecule has 35 heavy (non-hydrogen) atoms. The van der Waals surface area contributed by atoms with E-state index in [-0.39, 0.29) is 37.7 Å². The van der Waals surface area contributed by atoms with Gasteiger partial charge in [0.25, 0.3) is 0 Å². The number of rotatable bonds is 13. The number of ether oxygens (including phenoxy) is 1. The number of amides is 2. The van der Waals surface area contributed by atoms with Crippen LogP contribution in [0.1, 0.15) is 38.7 Å². The minimum Gasteiger partial charge on any atom is -0.495 e. The van der Waals surface area contributed by atoms with Crippen molar-refractivity contribution in [3.8, 4) is 5.75 Å². The van der Waals surface area contributed by atoms with Crippen molar-refractivity contribution in [1.29, 1.82) is 0 Å². The lowest BCUT2D eigenvalue weighted by Gasteiger charge is -2.29. The molecule has 0 heterocycles. The normalized spacial score (nSPS) is 12.0. The molecule has 1 N–H and O–H groups in total. The number of halogens is 1. The van der Waals surface area contributed by atoms with Crippen LogP contribution >= 0.6 is 15.9 Å². The molecule has 0 saturated carbocycles. The molecule has 0 aliphatic carbocycles. The van der Waals surface area contributed by atoms with Gasteiger partial charge >= 0.3 is 0 Å². The predicted octanol–water partition coefficient (Wildman–Crippen LogP) is 3.95. The van der Waals surface area contributed by atoms with Gasteiger partial charge in [-0.2, -0.15) is 0 Å². The SMILES string of the molecule is CCCNC(=O)[C@H](C)N(Cc1ccc(Br)cc1)C(=O)CCCN(c1ccccc1OC)S(C)(=O)=O. The van der Waals surface area contributed by atoms with Crippen LogP contribution in [0.25, 0.3) is 0 Å². The molecule has 0 fully saturated rings. The summed E-state index contributed by atoms with van der Waals surface area (Å²) in [6.07, 6.45) is 2.29. The fourth-order valence-electron chi connectivity index (χ4n) is 3.58. The number of benzene rings is 2. The van der Waals surface area contributed by atoms with Crippen LogP contribution in [0.15, 0.2) is 53.0 Å². The molecule has 0 aliphatic heterocycles. The van der Waals surface area contributed by atoms with E-state index in [0.717, 1.165) is 22.7 Å². The number of carbonyl (C=O) groups excluding carboxylic acids is 2. The molecule has 2 aromatic rings. The minimum atomic E-state index is -3.60. The lowest BCUT2D eigenvalue weighted by atomic mass is 10.1. The molecule has 192 valence electrons. The highest BCUT2D eigenvalue weighted by Crippen LogP contribution is 2.29. The zero-order valence-electron chi connectivity index (χ0n) is 20.7. The Bertz CT molecular complexity index is 1090. The Morgan fingerprint density at radius 3 is 2.37 bits per heavy atom. The molecule has 2 rings (SSSR count). The Morgan fingerprint density at radius 2 is 1.77 bits per heavy atom. The van der Waals surface area contributed by atoms with E-state index in [4.69, 9.17) is 4.74 Å². The lowest BCUT2D eigenvalue weighted by molar-refractivity contribution is -0.140. The third-order valence-corrected chi connectivity index (χ3v) is 7.20. The Kier molecular flexibility index (Phi) is 11.0. The summed E-state index contributed by atoms with van der Waals surface area (Å²) in [4.78, 5) is 27.5. The van der Waals surface area contributed by atoms with Crippen LogP contribution in [-0.2, 0) is 26.2 Å². The summed E-state index contributed by atoms with van der Waals surface area (Å²) in [5, 5.41) is 2.85. The van der Waals surface area contributed by atoms with Gasteiger partial charge in [-0.15, -0.1) is 0 Å². The van der Waals surface area contributed by atoms with E-state index >= 15 is 0 Å². The van der Waals surface area contributed by atoms with Crippen LogP contribution in [0, 0.1) is 0 Å². The maximum Gasteiger partial charge on any atom is 0.242 e. The molecule has 0 saturated heterocycles. The van der Waals surface area contributed by atoms with Gasteiger partial charge in [0.1, 0.15) is 11.8 Å². The number of hydrogen-bond acceptors (Lipinski definition) is 5. The van der Waals surface area contributed by atoms with Crippen LogP contribution in [0.3, 0.4) is 0 Å². The molecule has 1 atom stereocenters. The Labute approximate surface area is 216 Å². The number of hydrogen-bond donors (Lipinski definition) is 1. The topological polar surface area (TPSA) is 96.0 Å². The minimum absolute atomic E-state index is 0.0864. The van der Waals surface area contributed by atoms with Crippen LogP contribution in [0.2, 0.25) is 0 Å². The molecule has 0 aliphatic rings. The van der Waals surface area contributed by atoms with Gasteiger partial charge in [0.05, 0.1) is 19.1 Å². The molecule has 2 aromatic carbocycles. The highest BCUT2D eigenvalue weighted by molar-refractivity contribution is 9.10. The van der Waals surface area contributed by atoms with Gasteiger partial charge in [0.2, 0.25) is 21.8 Å². The van der Waals surface area contributed by atoms with Crippen molar-refractivity contribution >= 4 is 43.5 Å². The Morgan fingerprint density at radius 1 is 1.11 bits per heavy atom. The second kappa shape index (κ2) is 13.5. The number of carbonyl (C=O) groups is 2.